The van der Waals surface area contributed by atoms with Crippen molar-refractivity contribution in [3.05, 3.63) is 53.2 Å². The fourth-order valence-electron chi connectivity index (χ4n) is 1.52. The van der Waals surface area contributed by atoms with Crippen LogP contribution in [-0.2, 0) is 0 Å². The van der Waals surface area contributed by atoms with Crippen LogP contribution in [0.25, 0.3) is 0 Å². The molecule has 1 N–H and O–H groups in total. The SMILES string of the molecule is Cc1ccc(Oc2ccc(C(=O)O)cc2C)nc1. The van der Waals surface area contributed by atoms with Crippen LogP contribution in [0.2, 0.25) is 0 Å². The van der Waals surface area contributed by atoms with E-state index in [4.69, 9.17) is 9.84 Å². The molecule has 0 aliphatic carbocycles. The first-order valence-corrected chi connectivity index (χ1v) is 5.51. The smallest absolute Gasteiger partial charge is 0.335 e. The summed E-state index contributed by atoms with van der Waals surface area (Å²) in [5.41, 5.74) is 2.06. The van der Waals surface area contributed by atoms with Crippen molar-refractivity contribution < 1.29 is 14.6 Å². The fourth-order valence-corrected chi connectivity index (χ4v) is 1.52. The standard InChI is InChI=1S/C14H13NO3/c1-9-3-6-13(15-8-9)18-12-5-4-11(14(16)17)7-10(12)2/h3-8H,1-2H3,(H,16,17). The van der Waals surface area contributed by atoms with Gasteiger partial charge in [0.2, 0.25) is 5.88 Å². The topological polar surface area (TPSA) is 59.4 Å². The lowest BCUT2D eigenvalue weighted by Crippen LogP contribution is -1.98. The monoisotopic (exact) mass is 243 g/mol. The second-order valence-electron chi connectivity index (χ2n) is 4.06. The molecular weight excluding hydrogens is 230 g/mol. The van der Waals surface area contributed by atoms with E-state index in [0.717, 1.165) is 11.1 Å². The number of pyridine rings is 1. The Morgan fingerprint density at radius 3 is 2.56 bits per heavy atom. The molecule has 0 radical (unpaired) electrons. The number of nitrogens with zero attached hydrogens (tertiary/aromatic N) is 1. The van der Waals surface area contributed by atoms with Crippen molar-refractivity contribution in [1.82, 2.24) is 4.98 Å². The molecule has 0 aliphatic heterocycles. The Bertz CT molecular complexity index is 576. The molecule has 0 aliphatic rings. The van der Waals surface area contributed by atoms with Crippen LogP contribution in [0.3, 0.4) is 0 Å². The number of aromatic carboxylic acids is 1. The maximum absolute atomic E-state index is 10.8. The van der Waals surface area contributed by atoms with Gasteiger partial charge in [-0.1, -0.05) is 6.07 Å². The number of carboxylic acids is 1. The summed E-state index contributed by atoms with van der Waals surface area (Å²) in [6.07, 6.45) is 1.72. The second-order valence-corrected chi connectivity index (χ2v) is 4.06. The average molecular weight is 243 g/mol. The largest absolute Gasteiger partial charge is 0.478 e. The highest BCUT2D eigenvalue weighted by Gasteiger charge is 2.07. The molecular formula is C14H13NO3. The van der Waals surface area contributed by atoms with Crippen molar-refractivity contribution in [2.24, 2.45) is 0 Å². The van der Waals surface area contributed by atoms with Gasteiger partial charge in [-0.15, -0.1) is 0 Å². The van der Waals surface area contributed by atoms with E-state index >= 15 is 0 Å². The summed E-state index contributed by atoms with van der Waals surface area (Å²) in [6.45, 7) is 3.75. The summed E-state index contributed by atoms with van der Waals surface area (Å²) in [6, 6.07) is 8.41. The zero-order chi connectivity index (χ0) is 13.1. The summed E-state index contributed by atoms with van der Waals surface area (Å²) >= 11 is 0. The number of aryl methyl sites for hydroxylation is 2. The van der Waals surface area contributed by atoms with Crippen LogP contribution in [0.5, 0.6) is 11.6 Å². The molecule has 4 nitrogen and oxygen atoms in total. The van der Waals surface area contributed by atoms with Crippen molar-refractivity contribution in [3.8, 4) is 11.6 Å². The van der Waals surface area contributed by atoms with Gasteiger partial charge in [0.15, 0.2) is 0 Å². The lowest BCUT2D eigenvalue weighted by Gasteiger charge is -2.08. The average Bonchev–Trinajstić information content (AvgIpc) is 2.34. The van der Waals surface area contributed by atoms with Crippen LogP contribution < -0.4 is 4.74 Å². The van der Waals surface area contributed by atoms with Gasteiger partial charge < -0.3 is 9.84 Å². The third kappa shape index (κ3) is 2.66. The van der Waals surface area contributed by atoms with Crippen LogP contribution in [0.4, 0.5) is 0 Å². The minimum atomic E-state index is -0.946. The number of hydrogen-bond donors (Lipinski definition) is 1. The number of carbonyl (C=O) groups is 1. The molecule has 0 fully saturated rings. The Balaban J connectivity index is 2.24. The summed E-state index contributed by atoms with van der Waals surface area (Å²) in [7, 11) is 0. The van der Waals surface area contributed by atoms with Crippen LogP contribution in [0, 0.1) is 13.8 Å². The Kier molecular flexibility index (Phi) is 3.28. The fraction of sp³-hybridized carbons (Fsp3) is 0.143. The van der Waals surface area contributed by atoms with Gasteiger partial charge in [0.25, 0.3) is 0 Å². The van der Waals surface area contributed by atoms with E-state index in [1.54, 1.807) is 31.3 Å². The van der Waals surface area contributed by atoms with Crippen molar-refractivity contribution >= 4 is 5.97 Å². The molecule has 0 spiro atoms. The van der Waals surface area contributed by atoms with E-state index in [1.807, 2.05) is 13.0 Å². The Morgan fingerprint density at radius 2 is 2.00 bits per heavy atom. The molecule has 18 heavy (non-hydrogen) atoms. The molecule has 1 heterocycles. The number of carboxylic acid groups (broad SMARTS) is 1. The third-order valence-electron chi connectivity index (χ3n) is 2.52. The van der Waals surface area contributed by atoms with Gasteiger partial charge in [0.1, 0.15) is 5.75 Å². The van der Waals surface area contributed by atoms with Gasteiger partial charge in [-0.2, -0.15) is 0 Å². The third-order valence-corrected chi connectivity index (χ3v) is 2.52. The minimum absolute atomic E-state index is 0.247. The quantitative estimate of drug-likeness (QED) is 0.899. The van der Waals surface area contributed by atoms with Crippen molar-refractivity contribution in [3.63, 3.8) is 0 Å². The van der Waals surface area contributed by atoms with E-state index in [9.17, 15) is 4.79 Å². The Hall–Kier alpha value is -2.36. The molecule has 0 bridgehead atoms. The Labute approximate surface area is 105 Å². The van der Waals surface area contributed by atoms with Gasteiger partial charge in [0.05, 0.1) is 5.56 Å². The lowest BCUT2D eigenvalue weighted by molar-refractivity contribution is 0.0697. The number of rotatable bonds is 3. The molecule has 1 aromatic carbocycles. The zero-order valence-electron chi connectivity index (χ0n) is 10.2. The molecule has 4 heteroatoms. The molecule has 92 valence electrons. The maximum atomic E-state index is 10.8. The van der Waals surface area contributed by atoms with E-state index in [-0.39, 0.29) is 5.56 Å². The minimum Gasteiger partial charge on any atom is -0.478 e. The van der Waals surface area contributed by atoms with Gasteiger partial charge in [0, 0.05) is 12.3 Å². The first-order valence-electron chi connectivity index (χ1n) is 5.51. The molecule has 2 rings (SSSR count). The van der Waals surface area contributed by atoms with E-state index in [2.05, 4.69) is 4.98 Å². The van der Waals surface area contributed by atoms with Crippen molar-refractivity contribution in [1.29, 1.82) is 0 Å². The molecule has 0 unspecified atom stereocenters. The molecule has 0 saturated carbocycles. The number of benzene rings is 1. The number of aromatic nitrogens is 1. The number of hydrogen-bond acceptors (Lipinski definition) is 3. The van der Waals surface area contributed by atoms with E-state index in [1.165, 1.54) is 6.07 Å². The van der Waals surface area contributed by atoms with Gasteiger partial charge in [-0.3, -0.25) is 0 Å². The van der Waals surface area contributed by atoms with Crippen molar-refractivity contribution in [2.45, 2.75) is 13.8 Å². The van der Waals surface area contributed by atoms with Crippen LogP contribution in [0.1, 0.15) is 21.5 Å². The van der Waals surface area contributed by atoms with E-state index < -0.39 is 5.97 Å². The van der Waals surface area contributed by atoms with Gasteiger partial charge in [-0.25, -0.2) is 9.78 Å². The predicted molar refractivity (Wildman–Crippen MR) is 67.2 cm³/mol. The van der Waals surface area contributed by atoms with Gasteiger partial charge in [-0.05, 0) is 43.2 Å². The van der Waals surface area contributed by atoms with Crippen molar-refractivity contribution in [2.75, 3.05) is 0 Å². The molecule has 0 saturated heterocycles. The maximum Gasteiger partial charge on any atom is 0.335 e. The summed E-state index contributed by atoms with van der Waals surface area (Å²) in [5, 5.41) is 8.87. The van der Waals surface area contributed by atoms with Crippen LogP contribution in [0.15, 0.2) is 36.5 Å². The molecule has 0 atom stereocenters. The van der Waals surface area contributed by atoms with E-state index in [0.29, 0.717) is 11.6 Å². The first kappa shape index (κ1) is 12.1. The summed E-state index contributed by atoms with van der Waals surface area (Å²) in [5.74, 6) is 0.154. The molecule has 1 aromatic heterocycles. The van der Waals surface area contributed by atoms with Crippen LogP contribution in [-0.4, -0.2) is 16.1 Å². The second kappa shape index (κ2) is 4.87. The zero-order valence-corrected chi connectivity index (χ0v) is 10.2. The first-order chi connectivity index (χ1) is 8.56. The van der Waals surface area contributed by atoms with Crippen LogP contribution >= 0.6 is 0 Å². The number of ether oxygens (including phenoxy) is 1. The molecule has 0 amide bonds. The summed E-state index contributed by atoms with van der Waals surface area (Å²) < 4.78 is 5.59. The normalized spacial score (nSPS) is 10.1. The predicted octanol–water partition coefficient (Wildman–Crippen LogP) is 3.19. The highest BCUT2D eigenvalue weighted by molar-refractivity contribution is 5.88. The van der Waals surface area contributed by atoms with Gasteiger partial charge >= 0.3 is 5.97 Å². The highest BCUT2D eigenvalue weighted by Crippen LogP contribution is 2.24. The lowest BCUT2D eigenvalue weighted by atomic mass is 10.1. The Morgan fingerprint density at radius 1 is 1.22 bits per heavy atom. The highest BCUT2D eigenvalue weighted by atomic mass is 16.5. The molecule has 2 aromatic rings. The summed E-state index contributed by atoms with van der Waals surface area (Å²) in [4.78, 5) is 14.9.